The van der Waals surface area contributed by atoms with Crippen molar-refractivity contribution in [1.82, 2.24) is 0 Å². The van der Waals surface area contributed by atoms with Crippen molar-refractivity contribution in [3.63, 3.8) is 0 Å². The van der Waals surface area contributed by atoms with Gasteiger partial charge in [-0.3, -0.25) is 0 Å². The van der Waals surface area contributed by atoms with Gasteiger partial charge in [0.25, 0.3) is 0 Å². The van der Waals surface area contributed by atoms with Crippen LogP contribution in [0.1, 0.15) is 0 Å². The van der Waals surface area contributed by atoms with Crippen LogP contribution in [0.25, 0.3) is 0 Å². The molecule has 6 nitrogen and oxygen atoms in total. The standard InChI is InChI=1S/C10H10O6/c11-7-3-1-5(15-7)9(13)10(14)6-2-4-8(12)16-6/h1-6,9-10,13-14H/t5-,6-,9+,10+/m1/s1. The molecule has 0 spiro atoms. The Morgan fingerprint density at radius 2 is 1.31 bits per heavy atom. The summed E-state index contributed by atoms with van der Waals surface area (Å²) in [6.07, 6.45) is 0.540. The van der Waals surface area contributed by atoms with Crippen LogP contribution in [0.3, 0.4) is 0 Å². The Labute approximate surface area is 90.8 Å². The van der Waals surface area contributed by atoms with Crippen molar-refractivity contribution in [3.8, 4) is 0 Å². The van der Waals surface area contributed by atoms with Gasteiger partial charge in [0.05, 0.1) is 0 Å². The van der Waals surface area contributed by atoms with E-state index in [1.54, 1.807) is 0 Å². The van der Waals surface area contributed by atoms with Crippen molar-refractivity contribution < 1.29 is 29.3 Å². The Bertz CT molecular complexity index is 336. The topological polar surface area (TPSA) is 93.1 Å². The summed E-state index contributed by atoms with van der Waals surface area (Å²) in [6, 6.07) is 0. The van der Waals surface area contributed by atoms with Gasteiger partial charge in [-0.25, -0.2) is 9.59 Å². The molecule has 86 valence electrons. The van der Waals surface area contributed by atoms with Gasteiger partial charge in [0.1, 0.15) is 24.4 Å². The molecule has 16 heavy (non-hydrogen) atoms. The summed E-state index contributed by atoms with van der Waals surface area (Å²) in [5.41, 5.74) is 0. The lowest BCUT2D eigenvalue weighted by molar-refractivity contribution is -0.156. The number of aliphatic hydroxyl groups excluding tert-OH is 2. The highest BCUT2D eigenvalue weighted by Crippen LogP contribution is 2.18. The summed E-state index contributed by atoms with van der Waals surface area (Å²) < 4.78 is 9.41. The van der Waals surface area contributed by atoms with E-state index in [4.69, 9.17) is 9.47 Å². The second-order valence-electron chi connectivity index (χ2n) is 3.50. The molecular weight excluding hydrogens is 216 g/mol. The van der Waals surface area contributed by atoms with E-state index in [2.05, 4.69) is 0 Å². The molecule has 0 unspecified atom stereocenters. The summed E-state index contributed by atoms with van der Waals surface area (Å²) >= 11 is 0. The van der Waals surface area contributed by atoms with Crippen LogP contribution in [-0.2, 0) is 19.1 Å². The first-order chi connectivity index (χ1) is 7.58. The monoisotopic (exact) mass is 226 g/mol. The smallest absolute Gasteiger partial charge is 0.331 e. The van der Waals surface area contributed by atoms with E-state index in [9.17, 15) is 19.8 Å². The lowest BCUT2D eigenvalue weighted by atomic mass is 10.0. The molecule has 6 heteroatoms. The van der Waals surface area contributed by atoms with Crippen molar-refractivity contribution in [3.05, 3.63) is 24.3 Å². The maximum atomic E-state index is 10.8. The van der Waals surface area contributed by atoms with E-state index in [-0.39, 0.29) is 0 Å². The maximum Gasteiger partial charge on any atom is 0.331 e. The minimum absolute atomic E-state index is 0.574. The number of cyclic esters (lactones) is 2. The molecule has 0 saturated heterocycles. The molecule has 4 atom stereocenters. The summed E-state index contributed by atoms with van der Waals surface area (Å²) in [7, 11) is 0. The predicted octanol–water partition coefficient (Wildman–Crippen LogP) is -1.33. The Morgan fingerprint density at radius 3 is 1.56 bits per heavy atom. The fraction of sp³-hybridized carbons (Fsp3) is 0.400. The Balaban J connectivity index is 1.97. The first-order valence-corrected chi connectivity index (χ1v) is 4.71. The van der Waals surface area contributed by atoms with Crippen LogP contribution in [0.4, 0.5) is 0 Å². The summed E-state index contributed by atoms with van der Waals surface area (Å²) in [4.78, 5) is 21.5. The molecule has 2 rings (SSSR count). The summed E-state index contributed by atoms with van der Waals surface area (Å²) in [6.45, 7) is 0. The summed E-state index contributed by atoms with van der Waals surface area (Å²) in [5.74, 6) is -1.15. The van der Waals surface area contributed by atoms with Gasteiger partial charge in [0.2, 0.25) is 0 Å². The van der Waals surface area contributed by atoms with Gasteiger partial charge in [-0.05, 0) is 12.2 Å². The second-order valence-corrected chi connectivity index (χ2v) is 3.50. The molecule has 2 N–H and O–H groups in total. The number of hydrogen-bond donors (Lipinski definition) is 2. The van der Waals surface area contributed by atoms with Gasteiger partial charge in [-0.1, -0.05) is 0 Å². The van der Waals surface area contributed by atoms with Gasteiger partial charge in [-0.2, -0.15) is 0 Å². The molecule has 0 aromatic rings. The molecule has 0 fully saturated rings. The molecular formula is C10H10O6. The third-order valence-electron chi connectivity index (χ3n) is 2.37. The van der Waals surface area contributed by atoms with Crippen LogP contribution < -0.4 is 0 Å². The predicted molar refractivity (Wildman–Crippen MR) is 50.1 cm³/mol. The number of rotatable bonds is 3. The van der Waals surface area contributed by atoms with Crippen LogP contribution >= 0.6 is 0 Å². The molecule has 0 aromatic carbocycles. The Hall–Kier alpha value is -1.66. The number of aliphatic hydroxyl groups is 2. The first-order valence-electron chi connectivity index (χ1n) is 4.71. The number of esters is 2. The molecule has 0 aromatic heterocycles. The van der Waals surface area contributed by atoms with Crippen LogP contribution in [0.15, 0.2) is 24.3 Å². The third-order valence-corrected chi connectivity index (χ3v) is 2.37. The number of ether oxygens (including phenoxy) is 2. The van der Waals surface area contributed by atoms with E-state index in [0.717, 1.165) is 12.2 Å². The molecule has 0 aliphatic carbocycles. The van der Waals surface area contributed by atoms with Crippen molar-refractivity contribution in [2.75, 3.05) is 0 Å². The van der Waals surface area contributed by atoms with Crippen molar-refractivity contribution >= 4 is 11.9 Å². The minimum atomic E-state index is -1.33. The fourth-order valence-corrected chi connectivity index (χ4v) is 1.53. The highest BCUT2D eigenvalue weighted by Gasteiger charge is 2.37. The number of carbonyl (C=O) groups excluding carboxylic acids is 2. The van der Waals surface area contributed by atoms with Crippen LogP contribution in [-0.4, -0.2) is 46.6 Å². The van der Waals surface area contributed by atoms with Gasteiger partial charge in [0, 0.05) is 12.2 Å². The molecule has 2 aliphatic rings. The molecule has 0 radical (unpaired) electrons. The highest BCUT2D eigenvalue weighted by molar-refractivity contribution is 5.85. The van der Waals surface area contributed by atoms with Crippen molar-refractivity contribution in [2.24, 2.45) is 0 Å². The average molecular weight is 226 g/mol. The van der Waals surface area contributed by atoms with Gasteiger partial charge < -0.3 is 19.7 Å². The van der Waals surface area contributed by atoms with E-state index >= 15 is 0 Å². The SMILES string of the molecule is O=C1C=C[C@H]([C@H](O)[C@@H](O)[C@H]2C=CC(=O)O2)O1. The third kappa shape index (κ3) is 1.98. The average Bonchev–Trinajstić information content (AvgIpc) is 2.85. The molecule has 0 amide bonds. The zero-order chi connectivity index (χ0) is 11.7. The second kappa shape index (κ2) is 4.07. The van der Waals surface area contributed by atoms with Crippen molar-refractivity contribution in [1.29, 1.82) is 0 Å². The highest BCUT2D eigenvalue weighted by atomic mass is 16.6. The van der Waals surface area contributed by atoms with Crippen LogP contribution in [0.5, 0.6) is 0 Å². The van der Waals surface area contributed by atoms with Gasteiger partial charge in [-0.15, -0.1) is 0 Å². The van der Waals surface area contributed by atoms with E-state index in [1.807, 2.05) is 0 Å². The van der Waals surface area contributed by atoms with Gasteiger partial charge >= 0.3 is 11.9 Å². The Kier molecular flexibility index (Phi) is 2.76. The minimum Gasteiger partial charge on any atom is -0.452 e. The lowest BCUT2D eigenvalue weighted by Gasteiger charge is -2.24. The zero-order valence-corrected chi connectivity index (χ0v) is 8.15. The lowest BCUT2D eigenvalue weighted by Crippen LogP contribution is -2.44. The normalized spacial score (nSPS) is 31.4. The maximum absolute atomic E-state index is 10.8. The van der Waals surface area contributed by atoms with Crippen LogP contribution in [0, 0.1) is 0 Å². The zero-order valence-electron chi connectivity index (χ0n) is 8.15. The largest absolute Gasteiger partial charge is 0.452 e. The Morgan fingerprint density at radius 1 is 0.938 bits per heavy atom. The van der Waals surface area contributed by atoms with E-state index < -0.39 is 36.4 Å². The molecule has 0 bridgehead atoms. The number of hydrogen-bond acceptors (Lipinski definition) is 6. The quantitative estimate of drug-likeness (QED) is 0.579. The first kappa shape index (κ1) is 10.8. The van der Waals surface area contributed by atoms with E-state index in [0.29, 0.717) is 0 Å². The molecule has 2 aliphatic heterocycles. The van der Waals surface area contributed by atoms with Crippen LogP contribution in [0.2, 0.25) is 0 Å². The number of carbonyl (C=O) groups is 2. The van der Waals surface area contributed by atoms with E-state index in [1.165, 1.54) is 12.2 Å². The molecule has 0 saturated carbocycles. The van der Waals surface area contributed by atoms with Crippen molar-refractivity contribution in [2.45, 2.75) is 24.4 Å². The molecule has 2 heterocycles. The fourth-order valence-electron chi connectivity index (χ4n) is 1.53. The summed E-state index contributed by atoms with van der Waals surface area (Å²) in [5, 5.41) is 19.4. The van der Waals surface area contributed by atoms with Gasteiger partial charge in [0.15, 0.2) is 0 Å².